The van der Waals surface area contributed by atoms with Gasteiger partial charge in [-0.1, -0.05) is 12.2 Å². The van der Waals surface area contributed by atoms with Gasteiger partial charge in [0.1, 0.15) is 35.1 Å². The topological polar surface area (TPSA) is 199 Å². The second-order valence-corrected chi connectivity index (χ2v) is 11.4. The standard InChI is InChI=1S/C31H28N2O10/c1-13-8-18-21(19(36)9-13)25(38)23-20-10-17-16(22(23)24(18)37)5-7-32-29(17)33-11-15(35)3-2-14-4-6-31(42-20)28(41)26(39)27(40)30(14,12-34)43-31/h2,4-10,15,26-28,34-36,39-41H,3,11-12H2,1H3,(H,32,33)/b14-2-/t15-,26-,27-,28+,30-,31+/m0/s1. The summed E-state index contributed by atoms with van der Waals surface area (Å²) in [5.74, 6) is -3.90. The smallest absolute Gasteiger partial charge is 0.260 e. The van der Waals surface area contributed by atoms with Crippen LogP contribution in [0.2, 0.25) is 0 Å². The number of anilines is 1. The summed E-state index contributed by atoms with van der Waals surface area (Å²) in [6.45, 7) is 0.852. The summed E-state index contributed by atoms with van der Waals surface area (Å²) in [4.78, 5) is 32.6. The molecule has 7 N–H and O–H groups in total. The van der Waals surface area contributed by atoms with Gasteiger partial charge in [-0.3, -0.25) is 9.59 Å². The molecule has 12 nitrogen and oxygen atoms in total. The average molecular weight is 589 g/mol. The van der Waals surface area contributed by atoms with Gasteiger partial charge in [-0.2, -0.15) is 0 Å². The summed E-state index contributed by atoms with van der Waals surface area (Å²) in [7, 11) is 0. The number of hydrogen-bond donors (Lipinski definition) is 7. The number of benzene rings is 2. The molecule has 2 aromatic carbocycles. The number of nitrogens with one attached hydrogen (secondary N) is 1. The quantitative estimate of drug-likeness (QED) is 0.164. The van der Waals surface area contributed by atoms with Crippen LogP contribution in [0.1, 0.15) is 43.8 Å². The largest absolute Gasteiger partial charge is 0.507 e. The van der Waals surface area contributed by atoms with E-state index in [-0.39, 0.29) is 52.4 Å². The molecule has 1 aromatic heterocycles. The zero-order chi connectivity index (χ0) is 30.4. The number of ketones is 2. The number of aromatic hydroxyl groups is 1. The van der Waals surface area contributed by atoms with Crippen molar-refractivity contribution in [2.75, 3.05) is 18.5 Å². The summed E-state index contributed by atoms with van der Waals surface area (Å²) < 4.78 is 12.5. The zero-order valence-corrected chi connectivity index (χ0v) is 22.8. The van der Waals surface area contributed by atoms with Gasteiger partial charge >= 0.3 is 0 Å². The Hall–Kier alpha value is -4.17. The lowest BCUT2D eigenvalue weighted by Gasteiger charge is -2.55. The third-order valence-corrected chi connectivity index (χ3v) is 8.70. The van der Waals surface area contributed by atoms with Gasteiger partial charge in [0.25, 0.3) is 5.79 Å². The summed E-state index contributed by atoms with van der Waals surface area (Å²) in [6, 6.07) is 5.86. The van der Waals surface area contributed by atoms with Crippen molar-refractivity contribution in [1.82, 2.24) is 4.98 Å². The highest BCUT2D eigenvalue weighted by Gasteiger charge is 2.64. The molecule has 3 aromatic rings. The molecule has 1 aliphatic carbocycles. The van der Waals surface area contributed by atoms with E-state index in [1.165, 1.54) is 36.5 Å². The number of pyridine rings is 1. The highest BCUT2D eigenvalue weighted by molar-refractivity contribution is 6.34. The van der Waals surface area contributed by atoms with E-state index >= 15 is 0 Å². The zero-order valence-electron chi connectivity index (χ0n) is 22.8. The Morgan fingerprint density at radius 2 is 1.81 bits per heavy atom. The van der Waals surface area contributed by atoms with Crippen LogP contribution < -0.4 is 10.1 Å². The Morgan fingerprint density at radius 1 is 1.02 bits per heavy atom. The van der Waals surface area contributed by atoms with Gasteiger partial charge < -0.3 is 45.4 Å². The third kappa shape index (κ3) is 3.75. The summed E-state index contributed by atoms with van der Waals surface area (Å²) in [5, 5.41) is 69.1. The number of aliphatic hydroxyl groups is 5. The van der Waals surface area contributed by atoms with Gasteiger partial charge in [0, 0.05) is 29.3 Å². The van der Waals surface area contributed by atoms with Crippen molar-refractivity contribution in [2.24, 2.45) is 0 Å². The van der Waals surface area contributed by atoms with Crippen LogP contribution in [0.25, 0.3) is 10.8 Å². The molecule has 1 fully saturated rings. The number of carbonyl (C=O) groups excluding carboxylic acids is 2. The molecule has 0 amide bonds. The van der Waals surface area contributed by atoms with Gasteiger partial charge in [0.15, 0.2) is 11.9 Å². The average Bonchev–Trinajstić information content (AvgIpc) is 2.99. The lowest BCUT2D eigenvalue weighted by atomic mass is 9.75. The molecule has 0 unspecified atom stereocenters. The molecule has 222 valence electrons. The van der Waals surface area contributed by atoms with E-state index in [1.54, 1.807) is 19.1 Å². The van der Waals surface area contributed by atoms with Crippen LogP contribution in [-0.4, -0.2) is 96.1 Å². The van der Waals surface area contributed by atoms with E-state index in [0.717, 1.165) is 0 Å². The summed E-state index contributed by atoms with van der Waals surface area (Å²) in [5.41, 5.74) is -1.66. The number of ether oxygens (including phenoxy) is 2. The highest BCUT2D eigenvalue weighted by Crippen LogP contribution is 2.49. The Labute approximate surface area is 244 Å². The van der Waals surface area contributed by atoms with Gasteiger partial charge in [-0.15, -0.1) is 0 Å². The normalized spacial score (nSPS) is 32.4. The molecule has 0 radical (unpaired) electrons. The van der Waals surface area contributed by atoms with E-state index in [0.29, 0.717) is 16.3 Å². The number of phenolic OH excluding ortho intramolecular Hbond substituents is 1. The molecular weight excluding hydrogens is 560 g/mol. The molecule has 43 heavy (non-hydrogen) atoms. The van der Waals surface area contributed by atoms with Crippen LogP contribution in [0.4, 0.5) is 5.82 Å². The van der Waals surface area contributed by atoms with Crippen LogP contribution in [0.15, 0.2) is 54.3 Å². The number of rotatable bonds is 1. The molecule has 1 saturated heterocycles. The lowest BCUT2D eigenvalue weighted by molar-refractivity contribution is -0.346. The van der Waals surface area contributed by atoms with E-state index in [9.17, 15) is 40.2 Å². The lowest BCUT2D eigenvalue weighted by Crippen LogP contribution is -2.73. The molecule has 5 bridgehead atoms. The number of nitrogens with zero attached hydrogens (tertiary/aromatic N) is 1. The van der Waals surface area contributed by atoms with Crippen LogP contribution in [0, 0.1) is 6.92 Å². The first kappa shape index (κ1) is 27.7. The molecule has 6 atom stereocenters. The first-order valence-electron chi connectivity index (χ1n) is 13.8. The predicted octanol–water partition coefficient (Wildman–Crippen LogP) is 0.616. The highest BCUT2D eigenvalue weighted by atomic mass is 16.7. The molecule has 12 heteroatoms. The molecule has 8 rings (SSSR count). The monoisotopic (exact) mass is 588 g/mol. The molecular formula is C31H28N2O10. The van der Waals surface area contributed by atoms with Gasteiger partial charge in [0.05, 0.1) is 23.8 Å². The maximum atomic E-state index is 14.1. The molecule has 4 aliphatic heterocycles. The van der Waals surface area contributed by atoms with Crippen molar-refractivity contribution in [3.63, 3.8) is 0 Å². The van der Waals surface area contributed by atoms with E-state index in [4.69, 9.17) is 9.47 Å². The fraction of sp³-hybridized carbons (Fsp3) is 0.323. The Kier molecular flexibility index (Phi) is 6.05. The van der Waals surface area contributed by atoms with Crippen molar-refractivity contribution >= 4 is 28.2 Å². The van der Waals surface area contributed by atoms with Crippen molar-refractivity contribution in [2.45, 2.75) is 49.1 Å². The maximum absolute atomic E-state index is 14.1. The van der Waals surface area contributed by atoms with E-state index in [2.05, 4.69) is 10.3 Å². The fourth-order valence-corrected chi connectivity index (χ4v) is 6.53. The second kappa shape index (κ2) is 9.41. The number of fused-ring (bicyclic) bond motifs is 7. The second-order valence-electron chi connectivity index (χ2n) is 11.4. The van der Waals surface area contributed by atoms with Crippen LogP contribution in [-0.2, 0) is 4.74 Å². The van der Waals surface area contributed by atoms with E-state index in [1.807, 2.05) is 0 Å². The number of aryl methyl sites for hydroxylation is 1. The number of aliphatic hydroxyl groups excluding tert-OH is 5. The van der Waals surface area contributed by atoms with Gasteiger partial charge in [-0.05, 0) is 60.2 Å². The van der Waals surface area contributed by atoms with Crippen molar-refractivity contribution in [3.8, 4) is 11.5 Å². The predicted molar refractivity (Wildman–Crippen MR) is 150 cm³/mol. The van der Waals surface area contributed by atoms with Crippen molar-refractivity contribution in [1.29, 1.82) is 0 Å². The minimum atomic E-state index is -2.25. The number of hydrogen-bond acceptors (Lipinski definition) is 12. The number of phenols is 1. The van der Waals surface area contributed by atoms with E-state index < -0.39 is 59.7 Å². The molecule has 1 spiro atoms. The SMILES string of the molecule is Cc1cc(O)c2c(c1)C(=O)c1c(c3cc4c(nccc14)NC[C@@H](O)C/C=C1/C=C[C@@]4(O3)O[C@]1(CO)[C@@H](O)[C@H](O)[C@H]4O)C2=O. The first-order chi connectivity index (χ1) is 20.5. The molecule has 5 heterocycles. The Morgan fingerprint density at radius 3 is 2.58 bits per heavy atom. The summed E-state index contributed by atoms with van der Waals surface area (Å²) in [6.07, 6.45) is -0.810. The van der Waals surface area contributed by atoms with Crippen molar-refractivity contribution < 1.29 is 49.7 Å². The Balaban J connectivity index is 1.55. The number of carbonyl (C=O) groups is 2. The number of aromatic nitrogens is 1. The molecule has 5 aliphatic rings. The van der Waals surface area contributed by atoms with Crippen LogP contribution in [0.3, 0.4) is 0 Å². The third-order valence-electron chi connectivity index (χ3n) is 8.70. The maximum Gasteiger partial charge on any atom is 0.260 e. The minimum absolute atomic E-state index is 0.00175. The summed E-state index contributed by atoms with van der Waals surface area (Å²) >= 11 is 0. The van der Waals surface area contributed by atoms with Crippen molar-refractivity contribution in [3.05, 3.63) is 82.1 Å². The first-order valence-corrected chi connectivity index (χ1v) is 13.8. The van der Waals surface area contributed by atoms with Gasteiger partial charge in [0.2, 0.25) is 5.78 Å². The fourth-order valence-electron chi connectivity index (χ4n) is 6.53. The van der Waals surface area contributed by atoms with Crippen LogP contribution >= 0.6 is 0 Å². The Bertz CT molecular complexity index is 1800. The van der Waals surface area contributed by atoms with Crippen LogP contribution in [0.5, 0.6) is 11.5 Å². The van der Waals surface area contributed by atoms with Gasteiger partial charge in [-0.25, -0.2) is 4.98 Å². The minimum Gasteiger partial charge on any atom is -0.507 e. The molecule has 0 saturated carbocycles.